The molecule has 7 heteroatoms. The summed E-state index contributed by atoms with van der Waals surface area (Å²) >= 11 is 1.75. The molecule has 0 unspecified atom stereocenters. The average molecular weight is 350 g/mol. The maximum Gasteiger partial charge on any atom is 0.100 e. The summed E-state index contributed by atoms with van der Waals surface area (Å²) in [6.07, 6.45) is 0. The van der Waals surface area contributed by atoms with Crippen LogP contribution in [0.4, 0.5) is 0 Å². The Kier molecular flexibility index (Phi) is 5.99. The molecule has 0 N–H and O–H groups in total. The van der Waals surface area contributed by atoms with E-state index in [1.807, 2.05) is 4.68 Å². The van der Waals surface area contributed by atoms with E-state index in [4.69, 9.17) is 4.74 Å². The molecule has 0 saturated carbocycles. The summed E-state index contributed by atoms with van der Waals surface area (Å²) in [4.78, 5) is 4.60. The Morgan fingerprint density at radius 2 is 2.29 bits per heavy atom. The molecule has 0 amide bonds. The van der Waals surface area contributed by atoms with E-state index < -0.39 is 0 Å². The maximum absolute atomic E-state index is 5.96. The topological polar surface area (TPSA) is 46.4 Å². The fourth-order valence-corrected chi connectivity index (χ4v) is 3.85. The lowest BCUT2D eigenvalue weighted by molar-refractivity contribution is 0.0832. The minimum Gasteiger partial charge on any atom is -0.379 e. The second kappa shape index (κ2) is 8.20. The van der Waals surface area contributed by atoms with Crippen LogP contribution in [-0.2, 0) is 24.4 Å². The van der Waals surface area contributed by atoms with Gasteiger partial charge in [-0.15, -0.1) is 5.10 Å². The van der Waals surface area contributed by atoms with Gasteiger partial charge in [-0.1, -0.05) is 5.21 Å². The van der Waals surface area contributed by atoms with Crippen LogP contribution in [-0.4, -0.2) is 65.2 Å². The first kappa shape index (κ1) is 17.5. The van der Waals surface area contributed by atoms with E-state index in [1.165, 1.54) is 11.3 Å². The molecular weight excluding hydrogens is 322 g/mol. The molecule has 0 aromatic carbocycles. The van der Waals surface area contributed by atoms with Gasteiger partial charge in [0.2, 0.25) is 0 Å². The van der Waals surface area contributed by atoms with E-state index in [9.17, 15) is 0 Å². The van der Waals surface area contributed by atoms with Gasteiger partial charge in [0.05, 0.1) is 18.9 Å². The SMILES string of the molecule is CCn1nnc2c1[C@H](COCCN(C)C)CN(Cc1ccsc1)C2. The number of ether oxygens (including phenoxy) is 1. The molecule has 1 aliphatic heterocycles. The summed E-state index contributed by atoms with van der Waals surface area (Å²) in [5, 5.41) is 13.1. The molecule has 2 aromatic heterocycles. The van der Waals surface area contributed by atoms with Gasteiger partial charge in [-0.3, -0.25) is 4.90 Å². The smallest absolute Gasteiger partial charge is 0.100 e. The molecule has 0 bridgehead atoms. The van der Waals surface area contributed by atoms with Crippen molar-refractivity contribution in [3.05, 3.63) is 33.8 Å². The lowest BCUT2D eigenvalue weighted by Gasteiger charge is -2.32. The first-order chi connectivity index (χ1) is 11.7. The van der Waals surface area contributed by atoms with E-state index >= 15 is 0 Å². The average Bonchev–Trinajstić information content (AvgIpc) is 3.20. The summed E-state index contributed by atoms with van der Waals surface area (Å²) < 4.78 is 8.00. The molecule has 0 aliphatic carbocycles. The zero-order chi connectivity index (χ0) is 16.9. The number of hydrogen-bond donors (Lipinski definition) is 0. The van der Waals surface area contributed by atoms with Crippen molar-refractivity contribution in [3.8, 4) is 0 Å². The van der Waals surface area contributed by atoms with E-state index in [-0.39, 0.29) is 0 Å². The zero-order valence-corrected chi connectivity index (χ0v) is 15.6. The van der Waals surface area contributed by atoms with Gasteiger partial charge in [0, 0.05) is 38.6 Å². The highest BCUT2D eigenvalue weighted by atomic mass is 32.1. The van der Waals surface area contributed by atoms with Crippen LogP contribution in [0.5, 0.6) is 0 Å². The largest absolute Gasteiger partial charge is 0.379 e. The second-order valence-corrected chi connectivity index (χ2v) is 7.39. The Bertz CT molecular complexity index is 625. The molecule has 132 valence electrons. The van der Waals surface area contributed by atoms with Crippen molar-refractivity contribution in [1.29, 1.82) is 0 Å². The minimum absolute atomic E-state index is 0.337. The number of hydrogen-bond acceptors (Lipinski definition) is 6. The van der Waals surface area contributed by atoms with Crippen LogP contribution >= 0.6 is 11.3 Å². The van der Waals surface area contributed by atoms with Gasteiger partial charge in [0.15, 0.2) is 0 Å². The molecule has 0 fully saturated rings. The van der Waals surface area contributed by atoms with Crippen molar-refractivity contribution >= 4 is 11.3 Å². The van der Waals surface area contributed by atoms with E-state index in [0.29, 0.717) is 5.92 Å². The van der Waals surface area contributed by atoms with E-state index in [1.54, 1.807) is 11.3 Å². The Morgan fingerprint density at radius 3 is 3.00 bits per heavy atom. The molecular formula is C17H27N5OS. The number of rotatable bonds is 8. The van der Waals surface area contributed by atoms with Gasteiger partial charge < -0.3 is 9.64 Å². The van der Waals surface area contributed by atoms with Gasteiger partial charge in [-0.2, -0.15) is 11.3 Å². The van der Waals surface area contributed by atoms with Gasteiger partial charge in [0.25, 0.3) is 0 Å². The second-order valence-electron chi connectivity index (χ2n) is 6.61. The molecule has 3 heterocycles. The molecule has 1 atom stereocenters. The Balaban J connectivity index is 1.68. The minimum atomic E-state index is 0.337. The van der Waals surface area contributed by atoms with E-state index in [0.717, 1.165) is 51.6 Å². The third-order valence-corrected chi connectivity index (χ3v) is 5.11. The third kappa shape index (κ3) is 4.22. The summed E-state index contributed by atoms with van der Waals surface area (Å²) in [5.74, 6) is 0.337. The van der Waals surface area contributed by atoms with Crippen molar-refractivity contribution in [1.82, 2.24) is 24.8 Å². The highest BCUT2D eigenvalue weighted by Crippen LogP contribution is 2.28. The van der Waals surface area contributed by atoms with Crippen LogP contribution in [0.25, 0.3) is 0 Å². The third-order valence-electron chi connectivity index (χ3n) is 4.37. The Morgan fingerprint density at radius 1 is 1.42 bits per heavy atom. The summed E-state index contributed by atoms with van der Waals surface area (Å²) in [5.41, 5.74) is 3.75. The van der Waals surface area contributed by atoms with Crippen LogP contribution in [0, 0.1) is 0 Å². The lowest BCUT2D eigenvalue weighted by Crippen LogP contribution is -2.36. The zero-order valence-electron chi connectivity index (χ0n) is 14.8. The predicted octanol–water partition coefficient (Wildman–Crippen LogP) is 2.04. The number of nitrogens with zero attached hydrogens (tertiary/aromatic N) is 5. The van der Waals surface area contributed by atoms with Crippen molar-refractivity contribution in [2.75, 3.05) is 40.4 Å². The van der Waals surface area contributed by atoms with Crippen molar-refractivity contribution < 1.29 is 4.74 Å². The van der Waals surface area contributed by atoms with Crippen LogP contribution < -0.4 is 0 Å². The molecule has 0 radical (unpaired) electrons. The quantitative estimate of drug-likeness (QED) is 0.683. The highest BCUT2D eigenvalue weighted by Gasteiger charge is 2.30. The normalized spacial score (nSPS) is 18.2. The molecule has 24 heavy (non-hydrogen) atoms. The summed E-state index contributed by atoms with van der Waals surface area (Å²) in [7, 11) is 4.14. The molecule has 3 rings (SSSR count). The van der Waals surface area contributed by atoms with Crippen molar-refractivity contribution in [2.45, 2.75) is 32.5 Å². The van der Waals surface area contributed by atoms with Crippen LogP contribution in [0.1, 0.15) is 29.8 Å². The van der Waals surface area contributed by atoms with Gasteiger partial charge in [0.1, 0.15) is 5.69 Å². The first-order valence-corrected chi connectivity index (χ1v) is 9.49. The fraction of sp³-hybridized carbons (Fsp3) is 0.647. The molecule has 2 aromatic rings. The maximum atomic E-state index is 5.96. The number of likely N-dealkylation sites (N-methyl/N-ethyl adjacent to an activating group) is 1. The van der Waals surface area contributed by atoms with Gasteiger partial charge in [-0.05, 0) is 43.4 Å². The van der Waals surface area contributed by atoms with Gasteiger partial charge >= 0.3 is 0 Å². The van der Waals surface area contributed by atoms with Gasteiger partial charge in [-0.25, -0.2) is 4.68 Å². The number of fused-ring (bicyclic) bond motifs is 1. The van der Waals surface area contributed by atoms with E-state index in [2.05, 4.69) is 58.0 Å². The fourth-order valence-electron chi connectivity index (χ4n) is 3.19. The van der Waals surface area contributed by atoms with Crippen LogP contribution in [0.3, 0.4) is 0 Å². The Hall–Kier alpha value is -1.28. The molecule has 6 nitrogen and oxygen atoms in total. The molecule has 0 spiro atoms. The number of aromatic nitrogens is 3. The van der Waals surface area contributed by atoms with Crippen molar-refractivity contribution in [2.24, 2.45) is 0 Å². The molecule has 0 saturated heterocycles. The first-order valence-electron chi connectivity index (χ1n) is 8.55. The summed E-state index contributed by atoms with van der Waals surface area (Å²) in [6.45, 7) is 8.26. The lowest BCUT2D eigenvalue weighted by atomic mass is 9.98. The van der Waals surface area contributed by atoms with Crippen LogP contribution in [0.2, 0.25) is 0 Å². The highest BCUT2D eigenvalue weighted by molar-refractivity contribution is 7.07. The summed E-state index contributed by atoms with van der Waals surface area (Å²) in [6, 6.07) is 2.20. The van der Waals surface area contributed by atoms with Crippen LogP contribution in [0.15, 0.2) is 16.8 Å². The number of aryl methyl sites for hydroxylation is 1. The number of thiophene rings is 1. The predicted molar refractivity (Wildman–Crippen MR) is 96.2 cm³/mol. The monoisotopic (exact) mass is 349 g/mol. The standard InChI is InChI=1S/C17H27N5OS/c1-4-22-17-15(12-23-7-6-20(2)3)10-21(11-16(17)18-19-22)9-14-5-8-24-13-14/h5,8,13,15H,4,6-7,9-12H2,1-3H3/t15-/m0/s1. The molecule has 1 aliphatic rings. The Labute approximate surface area is 148 Å². The van der Waals surface area contributed by atoms with Crippen molar-refractivity contribution in [3.63, 3.8) is 0 Å².